The molecule has 0 unspecified atom stereocenters. The summed E-state index contributed by atoms with van der Waals surface area (Å²) in [7, 11) is 14.0. The lowest BCUT2D eigenvalue weighted by Crippen LogP contribution is -2.31. The first kappa shape index (κ1) is 15.1. The number of aliphatic carboxylic acids is 1. The van der Waals surface area contributed by atoms with Crippen molar-refractivity contribution in [1.29, 1.82) is 0 Å². The molecule has 0 radical (unpaired) electrons. The number of hydrogen-bond donors (Lipinski definition) is 1. The predicted molar refractivity (Wildman–Crippen MR) is 89.9 cm³/mol. The van der Waals surface area contributed by atoms with Gasteiger partial charge in [0.05, 0.1) is 14.9 Å². The fourth-order valence-electron chi connectivity index (χ4n) is 1.76. The molecule has 0 saturated carbocycles. The van der Waals surface area contributed by atoms with Gasteiger partial charge in [-0.2, -0.15) is 0 Å². The van der Waals surface area contributed by atoms with Gasteiger partial charge in [-0.25, -0.2) is 0 Å². The number of rotatable bonds is 11. The summed E-state index contributed by atoms with van der Waals surface area (Å²) < 4.78 is 0. The highest BCUT2D eigenvalue weighted by Gasteiger charge is 2.02. The normalized spacial score (nSPS) is 8.00. The topological polar surface area (TPSA) is 37.3 Å². The van der Waals surface area contributed by atoms with Crippen LogP contribution >= 0.6 is 0 Å². The first-order valence-electron chi connectivity index (χ1n) is 6.49. The summed E-state index contributed by atoms with van der Waals surface area (Å²) in [6, 6.07) is 0. The Bertz CT molecular complexity index is 154. The van der Waals surface area contributed by atoms with E-state index >= 15 is 0 Å². The smallest absolute Gasteiger partial charge is 0.302 e. The molecule has 0 aliphatic carbocycles. The molecule has 2 nitrogen and oxygen atoms in total. The van der Waals surface area contributed by atoms with Crippen LogP contribution in [-0.2, 0) is 4.79 Å². The average Bonchev–Trinajstić information content (AvgIpc) is 2.20. The number of carboxylic acid groups (broad SMARTS) is 1. The first-order valence-corrected chi connectivity index (χ1v) is 6.49. The van der Waals surface area contributed by atoms with Crippen molar-refractivity contribution in [3.8, 4) is 0 Å². The molecule has 12 heteroatoms. The van der Waals surface area contributed by atoms with Crippen LogP contribution in [0.25, 0.3) is 0 Å². The molecule has 0 aromatic rings. The molecular formula is C3H16B10O2. The third-order valence-corrected chi connectivity index (χ3v) is 2.74. The largest absolute Gasteiger partial charge is 0.481 e. The van der Waals surface area contributed by atoms with Gasteiger partial charge >= 0.3 is 5.97 Å². The van der Waals surface area contributed by atoms with Gasteiger partial charge in [0.2, 0.25) is 0 Å². The number of hydrogen-bond acceptors (Lipinski definition) is 1. The second kappa shape index (κ2) is 12.2. The summed E-state index contributed by atoms with van der Waals surface area (Å²) in [6.07, 6.45) is 1.20. The van der Waals surface area contributed by atoms with Gasteiger partial charge in [0.25, 0.3) is 0 Å². The molecular weight excluding hydrogens is 176 g/mol. The van der Waals surface area contributed by atoms with Crippen LogP contribution in [0.4, 0.5) is 0 Å². The Hall–Kier alpha value is 0.119. The van der Waals surface area contributed by atoms with Crippen molar-refractivity contribution in [2.75, 3.05) is 0 Å². The van der Waals surface area contributed by atoms with Crippen molar-refractivity contribution >= 4 is 77.4 Å². The van der Waals surface area contributed by atoms with Crippen molar-refractivity contribution in [2.24, 2.45) is 0 Å². The van der Waals surface area contributed by atoms with Crippen LogP contribution in [0.3, 0.4) is 0 Å². The zero-order chi connectivity index (χ0) is 11.4. The standard InChI is InChI=1S/C3H16B10O2/c4-6-8-10-12-13-11-9-7-5-2-1-3(14)15/h5-13H,1-2,4H2,(H,14,15). The van der Waals surface area contributed by atoms with Crippen LogP contribution < -0.4 is 0 Å². The molecule has 0 atom stereocenters. The molecule has 0 aromatic heterocycles. The van der Waals surface area contributed by atoms with Gasteiger partial charge in [0, 0.05) is 62.9 Å². The average molecular weight is 192 g/mol. The van der Waals surface area contributed by atoms with Crippen LogP contribution in [-0.4, -0.2) is 82.5 Å². The van der Waals surface area contributed by atoms with Gasteiger partial charge in [0.15, 0.2) is 0 Å². The Kier molecular flexibility index (Phi) is 12.3. The fourth-order valence-corrected chi connectivity index (χ4v) is 1.76. The summed E-state index contributed by atoms with van der Waals surface area (Å²) in [6.45, 7) is 0. The molecule has 0 heterocycles. The molecule has 0 aromatic carbocycles. The summed E-state index contributed by atoms with van der Waals surface area (Å²) in [5, 5.41) is 8.44. The van der Waals surface area contributed by atoms with Crippen LogP contribution in [0, 0.1) is 0 Å². The molecule has 0 fully saturated rings. The minimum atomic E-state index is -0.658. The van der Waals surface area contributed by atoms with E-state index in [1.807, 2.05) is 0 Å². The molecule has 15 heavy (non-hydrogen) atoms. The number of carboxylic acids is 1. The van der Waals surface area contributed by atoms with E-state index < -0.39 is 5.97 Å². The van der Waals surface area contributed by atoms with E-state index in [2.05, 4.69) is 7.74 Å². The third-order valence-electron chi connectivity index (χ3n) is 2.74. The van der Waals surface area contributed by atoms with Crippen molar-refractivity contribution in [1.82, 2.24) is 0 Å². The second-order valence-electron chi connectivity index (χ2n) is 4.33. The van der Waals surface area contributed by atoms with Gasteiger partial charge in [-0.3, -0.25) is 4.79 Å². The quantitative estimate of drug-likeness (QED) is 0.261. The summed E-state index contributed by atoms with van der Waals surface area (Å²) in [5.41, 5.74) is 0. The molecule has 0 amide bonds. The lowest BCUT2D eigenvalue weighted by atomic mass is 8.89. The van der Waals surface area contributed by atoms with Crippen molar-refractivity contribution in [3.05, 3.63) is 0 Å². The third kappa shape index (κ3) is 14.1. The number of carbonyl (C=O) groups is 1. The van der Waals surface area contributed by atoms with Gasteiger partial charge in [-0.05, 0) is 0 Å². The van der Waals surface area contributed by atoms with E-state index in [0.29, 0.717) is 6.42 Å². The molecule has 70 valence electrons. The minimum absolute atomic E-state index is 0.344. The molecule has 0 saturated heterocycles. The molecule has 0 rings (SSSR count). The Labute approximate surface area is 100 Å². The van der Waals surface area contributed by atoms with E-state index in [0.717, 1.165) is 13.5 Å². The molecule has 0 spiro atoms. The van der Waals surface area contributed by atoms with Crippen LogP contribution in [0.1, 0.15) is 6.42 Å². The molecule has 0 aliphatic rings. The fraction of sp³-hybridized carbons (Fsp3) is 0.667. The van der Waals surface area contributed by atoms with E-state index in [9.17, 15) is 4.79 Å². The zero-order valence-corrected chi connectivity index (χ0v) is 10.1. The maximum Gasteiger partial charge on any atom is 0.302 e. The van der Waals surface area contributed by atoms with Crippen LogP contribution in [0.15, 0.2) is 0 Å². The first-order chi connectivity index (χ1) is 7.27. The lowest BCUT2D eigenvalue weighted by molar-refractivity contribution is -0.136. The SMILES string of the molecule is BBBBBBBBBBCCC(=O)O. The van der Waals surface area contributed by atoms with Crippen LogP contribution in [0.2, 0.25) is 6.32 Å². The summed E-state index contributed by atoms with van der Waals surface area (Å²) in [4.78, 5) is 10.2. The highest BCUT2D eigenvalue weighted by atomic mass is 16.4. The summed E-state index contributed by atoms with van der Waals surface area (Å²) >= 11 is 0. The van der Waals surface area contributed by atoms with Gasteiger partial charge in [-0.1, -0.05) is 6.32 Å². The van der Waals surface area contributed by atoms with E-state index in [1.165, 1.54) is 56.5 Å². The maximum atomic E-state index is 10.2. The van der Waals surface area contributed by atoms with Crippen LogP contribution in [0.5, 0.6) is 0 Å². The van der Waals surface area contributed by atoms with E-state index in [1.54, 1.807) is 0 Å². The Morgan fingerprint density at radius 3 is 2.07 bits per heavy atom. The predicted octanol–water partition coefficient (Wildman–Crippen LogP) is -6.32. The Balaban J connectivity index is 2.89. The summed E-state index contributed by atoms with van der Waals surface area (Å²) in [5.74, 6) is -0.658. The highest BCUT2D eigenvalue weighted by Crippen LogP contribution is 1.85. The highest BCUT2D eigenvalue weighted by molar-refractivity contribution is 7.68. The van der Waals surface area contributed by atoms with Gasteiger partial charge in [0.1, 0.15) is 0 Å². The maximum absolute atomic E-state index is 10.2. The van der Waals surface area contributed by atoms with Crippen molar-refractivity contribution in [3.63, 3.8) is 0 Å². The Morgan fingerprint density at radius 2 is 1.53 bits per heavy atom. The van der Waals surface area contributed by atoms with Crippen molar-refractivity contribution in [2.45, 2.75) is 12.7 Å². The second-order valence-corrected chi connectivity index (χ2v) is 4.33. The van der Waals surface area contributed by atoms with E-state index in [-0.39, 0.29) is 0 Å². The monoisotopic (exact) mass is 194 g/mol. The lowest BCUT2D eigenvalue weighted by Gasteiger charge is -1.93. The van der Waals surface area contributed by atoms with Gasteiger partial charge < -0.3 is 5.11 Å². The van der Waals surface area contributed by atoms with E-state index in [4.69, 9.17) is 5.11 Å². The molecule has 1 N–H and O–H groups in total. The Morgan fingerprint density at radius 1 is 1.00 bits per heavy atom. The minimum Gasteiger partial charge on any atom is -0.481 e. The van der Waals surface area contributed by atoms with Gasteiger partial charge in [-0.15, -0.1) is 0 Å². The molecule has 0 aliphatic heterocycles. The zero-order valence-electron chi connectivity index (χ0n) is 10.1. The molecule has 0 bridgehead atoms. The van der Waals surface area contributed by atoms with Crippen molar-refractivity contribution < 1.29 is 9.90 Å².